The third-order valence-electron chi connectivity index (χ3n) is 4.90. The number of nitrogens with two attached hydrogens (primary N) is 1. The Hall–Kier alpha value is -0.0400. The molecule has 0 atom stereocenters. The molecule has 2 rings (SSSR count). The quantitative estimate of drug-likeness (QED) is 0.679. The molecule has 0 spiro atoms. The summed E-state index contributed by atoms with van der Waals surface area (Å²) in [6, 6.07) is 0. The van der Waals surface area contributed by atoms with Gasteiger partial charge in [-0.15, -0.1) is 0 Å². The van der Waals surface area contributed by atoms with Gasteiger partial charge in [-0.1, -0.05) is 45.4 Å². The lowest BCUT2D eigenvalue weighted by molar-refractivity contribution is 0.0556. The van der Waals surface area contributed by atoms with Crippen LogP contribution in [0.25, 0.3) is 0 Å². The van der Waals surface area contributed by atoms with E-state index in [-0.39, 0.29) is 5.54 Å². The SMILES string of the molecule is CC1(C2(N)CCCCC2)CCCCC1. The van der Waals surface area contributed by atoms with Gasteiger partial charge in [-0.05, 0) is 31.1 Å². The largest absolute Gasteiger partial charge is 0.325 e. The Kier molecular flexibility index (Phi) is 2.88. The van der Waals surface area contributed by atoms with Crippen LogP contribution in [0.3, 0.4) is 0 Å². The fourth-order valence-electron chi connectivity index (χ4n) is 3.62. The fourth-order valence-corrected chi connectivity index (χ4v) is 3.62. The van der Waals surface area contributed by atoms with E-state index in [0.29, 0.717) is 5.41 Å². The van der Waals surface area contributed by atoms with Gasteiger partial charge in [-0.25, -0.2) is 0 Å². The molecule has 1 nitrogen and oxygen atoms in total. The van der Waals surface area contributed by atoms with Crippen LogP contribution in [-0.2, 0) is 0 Å². The van der Waals surface area contributed by atoms with E-state index in [1.165, 1.54) is 64.2 Å². The summed E-state index contributed by atoms with van der Waals surface area (Å²) in [4.78, 5) is 0. The van der Waals surface area contributed by atoms with Gasteiger partial charge in [-0.2, -0.15) is 0 Å². The summed E-state index contributed by atoms with van der Waals surface area (Å²) in [7, 11) is 0. The maximum absolute atomic E-state index is 6.67. The highest BCUT2D eigenvalue weighted by atomic mass is 14.8. The first-order valence-electron chi connectivity index (χ1n) is 6.45. The van der Waals surface area contributed by atoms with Crippen molar-refractivity contribution in [2.75, 3.05) is 0 Å². The first-order chi connectivity index (χ1) is 6.66. The molecule has 0 aromatic rings. The maximum atomic E-state index is 6.67. The Morgan fingerprint density at radius 1 is 0.714 bits per heavy atom. The van der Waals surface area contributed by atoms with Crippen LogP contribution >= 0.6 is 0 Å². The Bertz CT molecular complexity index is 163. The number of hydrogen-bond donors (Lipinski definition) is 1. The second kappa shape index (κ2) is 3.84. The van der Waals surface area contributed by atoms with Gasteiger partial charge in [0.05, 0.1) is 0 Å². The Morgan fingerprint density at radius 2 is 1.14 bits per heavy atom. The Balaban J connectivity index is 2.09. The van der Waals surface area contributed by atoms with E-state index in [1.54, 1.807) is 0 Å². The van der Waals surface area contributed by atoms with Gasteiger partial charge >= 0.3 is 0 Å². The summed E-state index contributed by atoms with van der Waals surface area (Å²) in [5.41, 5.74) is 7.32. The van der Waals surface area contributed by atoms with E-state index in [1.807, 2.05) is 0 Å². The molecular formula is C13H25N. The van der Waals surface area contributed by atoms with Gasteiger partial charge in [0.15, 0.2) is 0 Å². The van der Waals surface area contributed by atoms with Crippen molar-refractivity contribution in [2.45, 2.75) is 76.7 Å². The number of hydrogen-bond acceptors (Lipinski definition) is 1. The highest BCUT2D eigenvalue weighted by Crippen LogP contribution is 2.49. The fraction of sp³-hybridized carbons (Fsp3) is 1.00. The minimum absolute atomic E-state index is 0.186. The molecule has 0 radical (unpaired) electrons. The van der Waals surface area contributed by atoms with Crippen LogP contribution in [0.2, 0.25) is 0 Å². The standard InChI is InChI=1S/C13H25N/c1-12(8-4-2-5-9-12)13(14)10-6-3-7-11-13/h2-11,14H2,1H3. The molecule has 2 fully saturated rings. The summed E-state index contributed by atoms with van der Waals surface area (Å²) in [5, 5.41) is 0. The monoisotopic (exact) mass is 195 g/mol. The minimum atomic E-state index is 0.186. The van der Waals surface area contributed by atoms with E-state index >= 15 is 0 Å². The first kappa shape index (κ1) is 10.5. The predicted molar refractivity (Wildman–Crippen MR) is 61.2 cm³/mol. The van der Waals surface area contributed by atoms with E-state index < -0.39 is 0 Å². The van der Waals surface area contributed by atoms with Crippen LogP contribution in [0.1, 0.15) is 71.1 Å². The lowest BCUT2D eigenvalue weighted by Crippen LogP contribution is -2.55. The van der Waals surface area contributed by atoms with Crippen LogP contribution in [-0.4, -0.2) is 5.54 Å². The molecule has 2 aliphatic rings. The normalized spacial score (nSPS) is 31.3. The maximum Gasteiger partial charge on any atom is 0.0208 e. The van der Waals surface area contributed by atoms with Crippen molar-refractivity contribution in [1.29, 1.82) is 0 Å². The molecule has 14 heavy (non-hydrogen) atoms. The Labute approximate surface area is 88.4 Å². The van der Waals surface area contributed by atoms with Crippen molar-refractivity contribution < 1.29 is 0 Å². The molecule has 0 unspecified atom stereocenters. The van der Waals surface area contributed by atoms with Crippen molar-refractivity contribution in [2.24, 2.45) is 11.1 Å². The van der Waals surface area contributed by atoms with Gasteiger partial charge in [0.25, 0.3) is 0 Å². The molecule has 0 saturated heterocycles. The summed E-state index contributed by atoms with van der Waals surface area (Å²) in [5.74, 6) is 0. The Morgan fingerprint density at radius 3 is 1.64 bits per heavy atom. The van der Waals surface area contributed by atoms with Gasteiger partial charge < -0.3 is 5.73 Å². The lowest BCUT2D eigenvalue weighted by atomic mass is 9.58. The second-order valence-corrected chi connectivity index (χ2v) is 5.84. The molecule has 0 bridgehead atoms. The molecule has 0 aromatic carbocycles. The summed E-state index contributed by atoms with van der Waals surface area (Å²) in [6.07, 6.45) is 13.7. The van der Waals surface area contributed by atoms with Gasteiger partial charge in [0.1, 0.15) is 0 Å². The molecule has 0 aromatic heterocycles. The third-order valence-corrected chi connectivity index (χ3v) is 4.90. The van der Waals surface area contributed by atoms with Gasteiger partial charge in [0.2, 0.25) is 0 Å². The third kappa shape index (κ3) is 1.71. The summed E-state index contributed by atoms with van der Waals surface area (Å²) in [6.45, 7) is 2.46. The first-order valence-corrected chi connectivity index (χ1v) is 6.45. The van der Waals surface area contributed by atoms with Crippen LogP contribution in [0.5, 0.6) is 0 Å². The van der Waals surface area contributed by atoms with Crippen molar-refractivity contribution >= 4 is 0 Å². The van der Waals surface area contributed by atoms with E-state index in [4.69, 9.17) is 5.73 Å². The molecular weight excluding hydrogens is 170 g/mol. The summed E-state index contributed by atoms with van der Waals surface area (Å²) < 4.78 is 0. The van der Waals surface area contributed by atoms with Crippen molar-refractivity contribution in [3.8, 4) is 0 Å². The van der Waals surface area contributed by atoms with Crippen molar-refractivity contribution in [3.05, 3.63) is 0 Å². The highest BCUT2D eigenvalue weighted by molar-refractivity contribution is 5.02. The molecule has 1 heteroatoms. The van der Waals surface area contributed by atoms with E-state index in [2.05, 4.69) is 6.92 Å². The molecule has 0 amide bonds. The molecule has 82 valence electrons. The van der Waals surface area contributed by atoms with Gasteiger partial charge in [-0.3, -0.25) is 0 Å². The van der Waals surface area contributed by atoms with Crippen molar-refractivity contribution in [3.63, 3.8) is 0 Å². The zero-order valence-corrected chi connectivity index (χ0v) is 9.65. The zero-order valence-electron chi connectivity index (χ0n) is 9.65. The van der Waals surface area contributed by atoms with Crippen LogP contribution in [0.15, 0.2) is 0 Å². The lowest BCUT2D eigenvalue weighted by Gasteiger charge is -2.51. The predicted octanol–water partition coefficient (Wildman–Crippen LogP) is 3.62. The zero-order chi connectivity index (χ0) is 10.1. The number of rotatable bonds is 1. The molecule has 2 saturated carbocycles. The average Bonchev–Trinajstić information content (AvgIpc) is 2.20. The second-order valence-electron chi connectivity index (χ2n) is 5.84. The van der Waals surface area contributed by atoms with E-state index in [0.717, 1.165) is 0 Å². The van der Waals surface area contributed by atoms with Crippen molar-refractivity contribution in [1.82, 2.24) is 0 Å². The molecule has 2 N–H and O–H groups in total. The van der Waals surface area contributed by atoms with Gasteiger partial charge in [0, 0.05) is 5.54 Å². The molecule has 0 heterocycles. The summed E-state index contributed by atoms with van der Waals surface area (Å²) >= 11 is 0. The van der Waals surface area contributed by atoms with Crippen LogP contribution in [0, 0.1) is 5.41 Å². The molecule has 2 aliphatic carbocycles. The smallest absolute Gasteiger partial charge is 0.0208 e. The molecule has 0 aliphatic heterocycles. The topological polar surface area (TPSA) is 26.0 Å². The van der Waals surface area contributed by atoms with Crippen LogP contribution < -0.4 is 5.73 Å². The van der Waals surface area contributed by atoms with Crippen LogP contribution in [0.4, 0.5) is 0 Å². The average molecular weight is 195 g/mol. The minimum Gasteiger partial charge on any atom is -0.325 e. The highest BCUT2D eigenvalue weighted by Gasteiger charge is 2.45. The van der Waals surface area contributed by atoms with E-state index in [9.17, 15) is 0 Å².